The van der Waals surface area contributed by atoms with Gasteiger partial charge in [0.25, 0.3) is 0 Å². The number of hydrogen-bond acceptors (Lipinski definition) is 5. The summed E-state index contributed by atoms with van der Waals surface area (Å²) in [5.41, 5.74) is 0. The second-order valence-electron chi connectivity index (χ2n) is 6.01. The highest BCUT2D eigenvalue weighted by atomic mass is 32.2. The lowest BCUT2D eigenvalue weighted by molar-refractivity contribution is 0.331. The Bertz CT molecular complexity index is 802. The van der Waals surface area contributed by atoms with E-state index in [9.17, 15) is 8.42 Å². The zero-order chi connectivity index (χ0) is 17.9. The van der Waals surface area contributed by atoms with Gasteiger partial charge in [-0.2, -0.15) is 4.31 Å². The summed E-state index contributed by atoms with van der Waals surface area (Å²) in [5, 5.41) is 2.00. The molecule has 5 nitrogen and oxygen atoms in total. The van der Waals surface area contributed by atoms with E-state index in [0.29, 0.717) is 18.0 Å². The van der Waals surface area contributed by atoms with Crippen molar-refractivity contribution in [3.05, 3.63) is 40.6 Å². The van der Waals surface area contributed by atoms with Crippen molar-refractivity contribution < 1.29 is 17.9 Å². The molecule has 3 rings (SSSR count). The van der Waals surface area contributed by atoms with Crippen molar-refractivity contribution in [2.75, 3.05) is 20.8 Å². The van der Waals surface area contributed by atoms with Gasteiger partial charge in [0.15, 0.2) is 11.5 Å². The summed E-state index contributed by atoms with van der Waals surface area (Å²) in [6, 6.07) is 8.69. The van der Waals surface area contributed by atoms with Gasteiger partial charge in [0, 0.05) is 17.5 Å². The summed E-state index contributed by atoms with van der Waals surface area (Å²) >= 11 is 1.62. The second-order valence-corrected chi connectivity index (χ2v) is 8.88. The minimum Gasteiger partial charge on any atom is -0.493 e. The Hall–Kier alpha value is -1.57. The molecule has 1 aromatic carbocycles. The minimum atomic E-state index is -3.61. The van der Waals surface area contributed by atoms with E-state index in [1.54, 1.807) is 33.8 Å². The van der Waals surface area contributed by atoms with E-state index in [4.69, 9.17) is 9.47 Å². The summed E-state index contributed by atoms with van der Waals surface area (Å²) < 4.78 is 38.8. The number of benzene rings is 1. The molecule has 136 valence electrons. The van der Waals surface area contributed by atoms with E-state index < -0.39 is 10.0 Å². The van der Waals surface area contributed by atoms with Crippen molar-refractivity contribution in [1.29, 1.82) is 0 Å². The second kappa shape index (κ2) is 7.76. The molecular formula is C18H23NO4S2. The third-order valence-electron chi connectivity index (χ3n) is 4.54. The molecule has 2 aromatic rings. The first-order valence-electron chi connectivity index (χ1n) is 8.35. The first-order chi connectivity index (χ1) is 12.1. The van der Waals surface area contributed by atoms with Crippen molar-refractivity contribution in [3.63, 3.8) is 0 Å². The molecule has 0 saturated carbocycles. The van der Waals surface area contributed by atoms with Crippen LogP contribution in [0.15, 0.2) is 40.6 Å². The number of nitrogens with zero attached hydrogens (tertiary/aromatic N) is 1. The molecule has 25 heavy (non-hydrogen) atoms. The van der Waals surface area contributed by atoms with Crippen LogP contribution < -0.4 is 9.47 Å². The maximum absolute atomic E-state index is 13.3. The zero-order valence-corrected chi connectivity index (χ0v) is 16.1. The lowest BCUT2D eigenvalue weighted by Gasteiger charge is -2.28. The lowest BCUT2D eigenvalue weighted by Crippen LogP contribution is -2.34. The van der Waals surface area contributed by atoms with Gasteiger partial charge in [0.05, 0.1) is 25.2 Å². The van der Waals surface area contributed by atoms with Gasteiger partial charge >= 0.3 is 0 Å². The molecule has 1 atom stereocenters. The Balaban J connectivity index is 2.01. The standard InChI is InChI=1S/C18H23NO4S2/c1-22-16-10-9-14(13-17(16)23-2)25(20,21)19-11-5-3-4-7-15(19)18-8-6-12-24-18/h6,8-10,12-13,15H,3-5,7,11H2,1-2H3/t15-/m0/s1. The summed E-state index contributed by atoms with van der Waals surface area (Å²) in [4.78, 5) is 1.35. The van der Waals surface area contributed by atoms with Crippen molar-refractivity contribution >= 4 is 21.4 Å². The monoisotopic (exact) mass is 381 g/mol. The van der Waals surface area contributed by atoms with Gasteiger partial charge < -0.3 is 9.47 Å². The van der Waals surface area contributed by atoms with Gasteiger partial charge in [0.2, 0.25) is 10.0 Å². The molecule has 7 heteroatoms. The molecule has 0 amide bonds. The fourth-order valence-electron chi connectivity index (χ4n) is 3.25. The van der Waals surface area contributed by atoms with Crippen LogP contribution >= 0.6 is 11.3 Å². The predicted molar refractivity (Wildman–Crippen MR) is 99.0 cm³/mol. The maximum Gasteiger partial charge on any atom is 0.243 e. The Labute approximate surface area is 153 Å². The molecule has 1 fully saturated rings. The molecule has 0 spiro atoms. The Morgan fingerprint density at radius 3 is 2.56 bits per heavy atom. The number of sulfonamides is 1. The molecule has 0 bridgehead atoms. The Morgan fingerprint density at radius 2 is 1.88 bits per heavy atom. The quantitative estimate of drug-likeness (QED) is 0.783. The summed E-state index contributed by atoms with van der Waals surface area (Å²) in [5.74, 6) is 0.943. The highest BCUT2D eigenvalue weighted by Crippen LogP contribution is 2.38. The molecule has 0 radical (unpaired) electrons. The molecule has 1 aliphatic rings. The number of methoxy groups -OCH3 is 2. The fourth-order valence-corrected chi connectivity index (χ4v) is 5.88. The molecule has 1 saturated heterocycles. The van der Waals surface area contributed by atoms with E-state index in [1.165, 1.54) is 14.2 Å². The Morgan fingerprint density at radius 1 is 1.08 bits per heavy atom. The average molecular weight is 382 g/mol. The van der Waals surface area contributed by atoms with Crippen LogP contribution in [0.5, 0.6) is 11.5 Å². The van der Waals surface area contributed by atoms with Crippen LogP contribution in [0.25, 0.3) is 0 Å². The van der Waals surface area contributed by atoms with E-state index >= 15 is 0 Å². The smallest absolute Gasteiger partial charge is 0.243 e. The van der Waals surface area contributed by atoms with Crippen LogP contribution in [0, 0.1) is 0 Å². The van der Waals surface area contributed by atoms with Crippen LogP contribution in [0.4, 0.5) is 0 Å². The number of ether oxygens (including phenoxy) is 2. The highest BCUT2D eigenvalue weighted by Gasteiger charge is 2.34. The first-order valence-corrected chi connectivity index (χ1v) is 10.7. The van der Waals surface area contributed by atoms with E-state index in [-0.39, 0.29) is 10.9 Å². The minimum absolute atomic E-state index is 0.0967. The van der Waals surface area contributed by atoms with Crippen LogP contribution in [0.2, 0.25) is 0 Å². The van der Waals surface area contributed by atoms with Gasteiger partial charge in [-0.1, -0.05) is 18.9 Å². The molecule has 0 N–H and O–H groups in total. The normalized spacial score (nSPS) is 19.4. The van der Waals surface area contributed by atoms with Gasteiger partial charge in [-0.15, -0.1) is 11.3 Å². The van der Waals surface area contributed by atoms with Crippen molar-refractivity contribution in [3.8, 4) is 11.5 Å². The van der Waals surface area contributed by atoms with Crippen LogP contribution in [0.3, 0.4) is 0 Å². The summed E-state index contributed by atoms with van der Waals surface area (Å²) in [6.07, 6.45) is 3.84. The van der Waals surface area contributed by atoms with Gasteiger partial charge in [0.1, 0.15) is 0 Å². The van der Waals surface area contributed by atoms with Crippen molar-refractivity contribution in [1.82, 2.24) is 4.31 Å². The number of rotatable bonds is 5. The van der Waals surface area contributed by atoms with Gasteiger partial charge in [-0.25, -0.2) is 8.42 Å². The Kier molecular flexibility index (Phi) is 5.66. The van der Waals surface area contributed by atoms with Gasteiger partial charge in [-0.3, -0.25) is 0 Å². The molecule has 1 aromatic heterocycles. The third-order valence-corrected chi connectivity index (χ3v) is 7.41. The lowest BCUT2D eigenvalue weighted by atomic mass is 10.1. The molecule has 0 aliphatic carbocycles. The topological polar surface area (TPSA) is 55.8 Å². The van der Waals surface area contributed by atoms with Crippen LogP contribution in [-0.2, 0) is 10.0 Å². The van der Waals surface area contributed by atoms with Crippen molar-refractivity contribution in [2.24, 2.45) is 0 Å². The maximum atomic E-state index is 13.3. The largest absolute Gasteiger partial charge is 0.493 e. The average Bonchev–Trinajstić information content (AvgIpc) is 3.04. The van der Waals surface area contributed by atoms with E-state index in [0.717, 1.165) is 30.6 Å². The number of thiophene rings is 1. The number of hydrogen-bond donors (Lipinski definition) is 0. The van der Waals surface area contributed by atoms with Crippen LogP contribution in [0.1, 0.15) is 36.6 Å². The first kappa shape index (κ1) is 18.2. The predicted octanol–water partition coefficient (Wildman–Crippen LogP) is 4.07. The summed E-state index contributed by atoms with van der Waals surface area (Å²) in [7, 11) is -0.570. The van der Waals surface area contributed by atoms with Gasteiger partial charge in [-0.05, 0) is 36.4 Å². The third kappa shape index (κ3) is 3.68. The van der Waals surface area contributed by atoms with Crippen LogP contribution in [-0.4, -0.2) is 33.5 Å². The molecule has 2 heterocycles. The van der Waals surface area contributed by atoms with Crippen molar-refractivity contribution in [2.45, 2.75) is 36.6 Å². The molecule has 0 unspecified atom stereocenters. The molecule has 1 aliphatic heterocycles. The summed E-state index contributed by atoms with van der Waals surface area (Å²) in [6.45, 7) is 0.541. The van der Waals surface area contributed by atoms with E-state index in [1.807, 2.05) is 17.5 Å². The van der Waals surface area contributed by atoms with E-state index in [2.05, 4.69) is 0 Å². The zero-order valence-electron chi connectivity index (χ0n) is 14.5. The SMILES string of the molecule is COc1ccc(S(=O)(=O)N2CCCCC[C@H]2c2cccs2)cc1OC. The fraction of sp³-hybridized carbons (Fsp3) is 0.444. The molecular weight excluding hydrogens is 358 g/mol. The highest BCUT2D eigenvalue weighted by molar-refractivity contribution is 7.89.